The number of fused-ring (bicyclic) bond motifs is 1. The number of hydrogen-bond acceptors (Lipinski definition) is 6. The minimum Gasteiger partial charge on any atom is -0.454 e. The number of amides is 2. The van der Waals surface area contributed by atoms with E-state index >= 15 is 0 Å². The van der Waals surface area contributed by atoms with Crippen molar-refractivity contribution in [2.45, 2.75) is 19.8 Å². The molecule has 8 nitrogen and oxygen atoms in total. The van der Waals surface area contributed by atoms with Crippen molar-refractivity contribution < 1.29 is 23.9 Å². The second kappa shape index (κ2) is 7.96. The monoisotopic (exact) mass is 375 g/mol. The molecule has 27 heavy (non-hydrogen) atoms. The zero-order valence-electron chi connectivity index (χ0n) is 15.9. The molecule has 2 aliphatic rings. The van der Waals surface area contributed by atoms with Crippen LogP contribution in [0.2, 0.25) is 0 Å². The minimum absolute atomic E-state index is 0.0835. The fourth-order valence-corrected chi connectivity index (χ4v) is 3.50. The van der Waals surface area contributed by atoms with Crippen molar-refractivity contribution in [2.75, 3.05) is 45.8 Å². The Labute approximate surface area is 158 Å². The smallest absolute Gasteiger partial charge is 0.238 e. The molecule has 1 aromatic carbocycles. The summed E-state index contributed by atoms with van der Waals surface area (Å²) >= 11 is 0. The van der Waals surface area contributed by atoms with Gasteiger partial charge in [-0.2, -0.15) is 0 Å². The van der Waals surface area contributed by atoms with Crippen molar-refractivity contribution in [2.24, 2.45) is 5.92 Å². The van der Waals surface area contributed by atoms with Gasteiger partial charge < -0.3 is 19.7 Å². The van der Waals surface area contributed by atoms with E-state index in [9.17, 15) is 14.4 Å². The zero-order chi connectivity index (χ0) is 19.6. The van der Waals surface area contributed by atoms with Crippen LogP contribution in [-0.2, 0) is 9.59 Å². The molecule has 0 aliphatic carbocycles. The maximum absolute atomic E-state index is 12.5. The molecule has 1 fully saturated rings. The number of ketones is 1. The number of Topliss-reactive ketones (excluding diaryl/α,β-unsaturated/α-hetero) is 1. The summed E-state index contributed by atoms with van der Waals surface area (Å²) in [5.41, 5.74) is 0.793. The number of anilines is 1. The van der Waals surface area contributed by atoms with Crippen LogP contribution in [0.3, 0.4) is 0 Å². The van der Waals surface area contributed by atoms with Gasteiger partial charge in [0.25, 0.3) is 0 Å². The summed E-state index contributed by atoms with van der Waals surface area (Å²) in [5, 5.41) is 2.80. The number of ether oxygens (including phenoxy) is 2. The highest BCUT2D eigenvalue weighted by atomic mass is 16.7. The van der Waals surface area contributed by atoms with E-state index in [4.69, 9.17) is 9.47 Å². The first-order valence-corrected chi connectivity index (χ1v) is 9.03. The van der Waals surface area contributed by atoms with E-state index < -0.39 is 0 Å². The fourth-order valence-electron chi connectivity index (χ4n) is 3.50. The van der Waals surface area contributed by atoms with Crippen molar-refractivity contribution in [3.8, 4) is 11.5 Å². The van der Waals surface area contributed by atoms with Crippen LogP contribution < -0.4 is 14.8 Å². The number of rotatable bonds is 5. The number of benzene rings is 1. The lowest BCUT2D eigenvalue weighted by Crippen LogP contribution is -2.45. The maximum atomic E-state index is 12.5. The van der Waals surface area contributed by atoms with Gasteiger partial charge in [0.1, 0.15) is 0 Å². The molecule has 1 unspecified atom stereocenters. The average molecular weight is 375 g/mol. The van der Waals surface area contributed by atoms with Gasteiger partial charge in [-0.1, -0.05) is 0 Å². The molecule has 0 radical (unpaired) electrons. The number of hydrogen-bond donors (Lipinski definition) is 1. The Morgan fingerprint density at radius 3 is 2.59 bits per heavy atom. The van der Waals surface area contributed by atoms with Crippen LogP contribution in [0.5, 0.6) is 11.5 Å². The van der Waals surface area contributed by atoms with Gasteiger partial charge in [-0.25, -0.2) is 0 Å². The van der Waals surface area contributed by atoms with Crippen molar-refractivity contribution in [1.29, 1.82) is 0 Å². The maximum Gasteiger partial charge on any atom is 0.238 e. The van der Waals surface area contributed by atoms with Gasteiger partial charge in [-0.05, 0) is 32.4 Å². The molecule has 0 bridgehead atoms. The van der Waals surface area contributed by atoms with Gasteiger partial charge in [0.15, 0.2) is 17.3 Å². The van der Waals surface area contributed by atoms with E-state index in [0.717, 1.165) is 19.4 Å². The van der Waals surface area contributed by atoms with Gasteiger partial charge >= 0.3 is 0 Å². The van der Waals surface area contributed by atoms with Gasteiger partial charge in [-0.3, -0.25) is 19.3 Å². The molecule has 1 atom stereocenters. The van der Waals surface area contributed by atoms with E-state index in [1.54, 1.807) is 31.1 Å². The van der Waals surface area contributed by atoms with Gasteiger partial charge in [0, 0.05) is 32.3 Å². The third kappa shape index (κ3) is 4.39. The average Bonchev–Trinajstić information content (AvgIpc) is 3.07. The lowest BCUT2D eigenvalue weighted by Gasteiger charge is -2.32. The Morgan fingerprint density at radius 1 is 1.22 bits per heavy atom. The third-order valence-corrected chi connectivity index (χ3v) is 4.83. The van der Waals surface area contributed by atoms with Crippen LogP contribution in [0.15, 0.2) is 12.1 Å². The first-order valence-electron chi connectivity index (χ1n) is 9.03. The van der Waals surface area contributed by atoms with Crippen molar-refractivity contribution in [3.63, 3.8) is 0 Å². The number of carbonyl (C=O) groups excluding carboxylic acids is 3. The van der Waals surface area contributed by atoms with E-state index in [0.29, 0.717) is 29.3 Å². The lowest BCUT2D eigenvalue weighted by atomic mass is 9.97. The molecule has 0 saturated carbocycles. The normalized spacial score (nSPS) is 18.9. The minimum atomic E-state index is -0.227. The SMILES string of the molecule is CC(=O)c1cc2c(cc1NC(=O)CN1CCCC(C(=O)N(C)C)C1)OCO2. The van der Waals surface area contributed by atoms with Crippen LogP contribution in [-0.4, -0.2) is 67.9 Å². The Balaban J connectivity index is 1.66. The molecule has 3 rings (SSSR count). The predicted molar refractivity (Wildman–Crippen MR) is 99.1 cm³/mol. The topological polar surface area (TPSA) is 88.2 Å². The largest absolute Gasteiger partial charge is 0.454 e. The van der Waals surface area contributed by atoms with Gasteiger partial charge in [0.05, 0.1) is 18.2 Å². The molecule has 0 spiro atoms. The van der Waals surface area contributed by atoms with Crippen LogP contribution in [0.4, 0.5) is 5.69 Å². The van der Waals surface area contributed by atoms with Crippen molar-refractivity contribution >= 4 is 23.3 Å². The predicted octanol–water partition coefficient (Wildman–Crippen LogP) is 1.36. The highest BCUT2D eigenvalue weighted by Crippen LogP contribution is 2.37. The van der Waals surface area contributed by atoms with Gasteiger partial charge in [0.2, 0.25) is 18.6 Å². The first kappa shape index (κ1) is 19.2. The fraction of sp³-hybridized carbons (Fsp3) is 0.526. The molecule has 146 valence electrons. The van der Waals surface area contributed by atoms with E-state index in [-0.39, 0.29) is 36.9 Å². The van der Waals surface area contributed by atoms with Crippen LogP contribution in [0.1, 0.15) is 30.1 Å². The van der Waals surface area contributed by atoms with Crippen LogP contribution in [0, 0.1) is 5.92 Å². The Morgan fingerprint density at radius 2 is 1.93 bits per heavy atom. The number of carbonyl (C=O) groups is 3. The first-order chi connectivity index (χ1) is 12.8. The van der Waals surface area contributed by atoms with Crippen LogP contribution in [0.25, 0.3) is 0 Å². The van der Waals surface area contributed by atoms with Crippen LogP contribution >= 0.6 is 0 Å². The molecule has 8 heteroatoms. The summed E-state index contributed by atoms with van der Waals surface area (Å²) < 4.78 is 10.6. The zero-order valence-corrected chi connectivity index (χ0v) is 15.9. The van der Waals surface area contributed by atoms with Crippen molar-refractivity contribution in [3.05, 3.63) is 17.7 Å². The molecular formula is C19H25N3O5. The van der Waals surface area contributed by atoms with E-state index in [1.165, 1.54) is 6.92 Å². The molecule has 2 heterocycles. The second-order valence-electron chi connectivity index (χ2n) is 7.16. The number of piperidine rings is 1. The summed E-state index contributed by atoms with van der Waals surface area (Å²) in [6.45, 7) is 3.04. The standard InChI is InChI=1S/C19H25N3O5/c1-12(23)14-7-16-17(27-11-26-16)8-15(14)20-18(24)10-22-6-4-5-13(9-22)19(25)21(2)3/h7-8,13H,4-6,9-11H2,1-3H3,(H,20,24). The highest BCUT2D eigenvalue weighted by Gasteiger charge is 2.28. The molecule has 2 aliphatic heterocycles. The summed E-state index contributed by atoms with van der Waals surface area (Å²) in [5.74, 6) is 0.617. The summed E-state index contributed by atoms with van der Waals surface area (Å²) in [7, 11) is 3.49. The van der Waals surface area contributed by atoms with E-state index in [1.807, 2.05) is 4.90 Å². The summed E-state index contributed by atoms with van der Waals surface area (Å²) in [6, 6.07) is 3.21. The molecule has 2 amide bonds. The van der Waals surface area contributed by atoms with Gasteiger partial charge in [-0.15, -0.1) is 0 Å². The quantitative estimate of drug-likeness (QED) is 0.782. The molecule has 1 aromatic rings. The Kier molecular flexibility index (Phi) is 5.65. The number of likely N-dealkylation sites (tertiary alicyclic amines) is 1. The molecule has 1 N–H and O–H groups in total. The molecule has 0 aromatic heterocycles. The lowest BCUT2D eigenvalue weighted by molar-refractivity contribution is -0.135. The van der Waals surface area contributed by atoms with E-state index in [2.05, 4.69) is 5.32 Å². The molecule has 1 saturated heterocycles. The number of nitrogens with zero attached hydrogens (tertiary/aromatic N) is 2. The highest BCUT2D eigenvalue weighted by molar-refractivity contribution is 6.05. The number of nitrogens with one attached hydrogen (secondary N) is 1. The third-order valence-electron chi connectivity index (χ3n) is 4.83. The Bertz CT molecular complexity index is 762. The second-order valence-corrected chi connectivity index (χ2v) is 7.16. The molecular weight excluding hydrogens is 350 g/mol. The Hall–Kier alpha value is -2.61. The summed E-state index contributed by atoms with van der Waals surface area (Å²) in [4.78, 5) is 40.2. The van der Waals surface area contributed by atoms with Crippen molar-refractivity contribution in [1.82, 2.24) is 9.80 Å². The summed E-state index contributed by atoms with van der Waals surface area (Å²) in [6.07, 6.45) is 1.71.